The molecule has 178 valence electrons. The molecule has 0 heterocycles. The fraction of sp³-hybridized carbons (Fsp3) is 0.167. The second-order valence-corrected chi connectivity index (χ2v) is 9.60. The van der Waals surface area contributed by atoms with Gasteiger partial charge in [0.05, 0.1) is 4.90 Å². The Morgan fingerprint density at radius 3 is 2.03 bits per heavy atom. The van der Waals surface area contributed by atoms with Gasteiger partial charge in [0.2, 0.25) is 10.0 Å². The second kappa shape index (κ2) is 11.2. The van der Waals surface area contributed by atoms with E-state index in [1.54, 1.807) is 36.4 Å². The van der Waals surface area contributed by atoms with E-state index in [0.717, 1.165) is 23.3 Å². The van der Waals surface area contributed by atoms with Gasteiger partial charge in [0.25, 0.3) is 5.91 Å². The predicted molar refractivity (Wildman–Crippen MR) is 127 cm³/mol. The maximum absolute atomic E-state index is 12.9. The Balaban J connectivity index is 1.57. The Morgan fingerprint density at radius 1 is 0.912 bits per heavy atom. The van der Waals surface area contributed by atoms with E-state index in [2.05, 4.69) is 10.0 Å². The number of carboxylic acid groups (broad SMARTS) is 1. The number of hydrogen-bond donors (Lipinski definition) is 3. The number of aliphatic carboxylic acids is 1. The van der Waals surface area contributed by atoms with Crippen molar-refractivity contribution in [3.63, 3.8) is 0 Å². The number of amides is 1. The molecule has 3 aromatic carbocycles. The van der Waals surface area contributed by atoms with Gasteiger partial charge in [-0.1, -0.05) is 35.9 Å². The van der Waals surface area contributed by atoms with E-state index in [1.165, 1.54) is 24.3 Å². The van der Waals surface area contributed by atoms with Crippen molar-refractivity contribution >= 4 is 33.5 Å². The number of carbonyl (C=O) groups is 2. The van der Waals surface area contributed by atoms with Crippen molar-refractivity contribution in [2.75, 3.05) is 6.54 Å². The van der Waals surface area contributed by atoms with Crippen LogP contribution in [0, 0.1) is 5.82 Å². The highest BCUT2D eigenvalue weighted by molar-refractivity contribution is 7.89. The Morgan fingerprint density at radius 2 is 1.47 bits per heavy atom. The van der Waals surface area contributed by atoms with Gasteiger partial charge in [0.1, 0.15) is 11.9 Å². The molecule has 0 saturated heterocycles. The minimum atomic E-state index is -4.09. The molecule has 0 aliphatic heterocycles. The van der Waals surface area contributed by atoms with Crippen LogP contribution in [0.4, 0.5) is 4.39 Å². The highest BCUT2D eigenvalue weighted by Crippen LogP contribution is 2.23. The molecule has 34 heavy (non-hydrogen) atoms. The van der Waals surface area contributed by atoms with Crippen LogP contribution in [0.2, 0.25) is 5.02 Å². The molecule has 3 aromatic rings. The van der Waals surface area contributed by atoms with Gasteiger partial charge < -0.3 is 10.4 Å². The van der Waals surface area contributed by atoms with Crippen molar-refractivity contribution in [2.24, 2.45) is 0 Å². The van der Waals surface area contributed by atoms with Crippen LogP contribution in [0.3, 0.4) is 0 Å². The number of halogens is 2. The van der Waals surface area contributed by atoms with Crippen LogP contribution < -0.4 is 10.0 Å². The summed E-state index contributed by atoms with van der Waals surface area (Å²) in [6.07, 6.45) is 0.170. The average Bonchev–Trinajstić information content (AvgIpc) is 2.81. The van der Waals surface area contributed by atoms with Gasteiger partial charge >= 0.3 is 5.97 Å². The third-order valence-electron chi connectivity index (χ3n) is 5.00. The number of rotatable bonds is 10. The minimum absolute atomic E-state index is 0.0406. The maximum Gasteiger partial charge on any atom is 0.321 e. The van der Waals surface area contributed by atoms with E-state index < -0.39 is 33.8 Å². The van der Waals surface area contributed by atoms with Gasteiger partial charge in [0.15, 0.2) is 0 Å². The third-order valence-corrected chi connectivity index (χ3v) is 6.74. The summed E-state index contributed by atoms with van der Waals surface area (Å²) in [5, 5.41) is 12.6. The summed E-state index contributed by atoms with van der Waals surface area (Å²) in [6.45, 7) is 0.123. The molecule has 0 unspecified atom stereocenters. The van der Waals surface area contributed by atoms with E-state index >= 15 is 0 Å². The number of benzene rings is 3. The lowest BCUT2D eigenvalue weighted by Crippen LogP contribution is -2.41. The number of nitrogens with one attached hydrogen (secondary N) is 2. The Bertz CT molecular complexity index is 1250. The first-order valence-electron chi connectivity index (χ1n) is 10.3. The summed E-state index contributed by atoms with van der Waals surface area (Å²) in [4.78, 5) is 23.6. The first-order valence-corrected chi connectivity index (χ1v) is 12.2. The second-order valence-electron chi connectivity index (χ2n) is 7.45. The molecule has 0 bridgehead atoms. The first-order chi connectivity index (χ1) is 16.2. The fourth-order valence-electron chi connectivity index (χ4n) is 3.17. The van der Waals surface area contributed by atoms with E-state index in [4.69, 9.17) is 11.6 Å². The molecule has 0 radical (unpaired) electrons. The fourth-order valence-corrected chi connectivity index (χ4v) is 4.52. The number of carbonyl (C=O) groups excluding carboxylic acids is 1. The molecule has 1 atom stereocenters. The standard InChI is InChI=1S/C24H22ClFN2O5S/c25-19-9-3-16(4-10-19)17-7-13-21(14-8-17)34(32,33)28-22(24(30)31)2-1-15-27-23(29)18-5-11-20(26)12-6-18/h3-14,22,28H,1-2,15H2,(H,27,29)(H,30,31)/t22-/m0/s1. The molecule has 10 heteroatoms. The van der Waals surface area contributed by atoms with Gasteiger partial charge in [0, 0.05) is 17.1 Å². The topological polar surface area (TPSA) is 113 Å². The zero-order valence-corrected chi connectivity index (χ0v) is 19.4. The summed E-state index contributed by atoms with van der Waals surface area (Å²) >= 11 is 5.88. The quantitative estimate of drug-likeness (QED) is 0.360. The van der Waals surface area contributed by atoms with Crippen LogP contribution >= 0.6 is 11.6 Å². The molecular formula is C24H22ClFN2O5S. The number of sulfonamides is 1. The zero-order chi connectivity index (χ0) is 24.7. The van der Waals surface area contributed by atoms with Gasteiger partial charge in [-0.25, -0.2) is 12.8 Å². The molecule has 3 N–H and O–H groups in total. The summed E-state index contributed by atoms with van der Waals surface area (Å²) in [5.41, 5.74) is 1.90. The number of hydrogen-bond acceptors (Lipinski definition) is 4. The van der Waals surface area contributed by atoms with Crippen LogP contribution in [-0.2, 0) is 14.8 Å². The van der Waals surface area contributed by atoms with Crippen molar-refractivity contribution in [1.29, 1.82) is 0 Å². The molecule has 0 aliphatic carbocycles. The van der Waals surface area contributed by atoms with Crippen molar-refractivity contribution in [1.82, 2.24) is 10.0 Å². The molecule has 0 saturated carbocycles. The van der Waals surface area contributed by atoms with E-state index in [-0.39, 0.29) is 29.8 Å². The number of carboxylic acids is 1. The molecular weight excluding hydrogens is 483 g/mol. The highest BCUT2D eigenvalue weighted by atomic mass is 35.5. The lowest BCUT2D eigenvalue weighted by molar-refractivity contribution is -0.139. The normalized spacial score (nSPS) is 12.2. The van der Waals surface area contributed by atoms with Gasteiger partial charge in [-0.2, -0.15) is 4.72 Å². The van der Waals surface area contributed by atoms with Crippen molar-refractivity contribution in [2.45, 2.75) is 23.8 Å². The van der Waals surface area contributed by atoms with Gasteiger partial charge in [-0.3, -0.25) is 9.59 Å². The maximum atomic E-state index is 12.9. The highest BCUT2D eigenvalue weighted by Gasteiger charge is 2.25. The predicted octanol–water partition coefficient (Wildman–Crippen LogP) is 4.09. The molecule has 0 fully saturated rings. The van der Waals surface area contributed by atoms with Crippen LogP contribution in [0.5, 0.6) is 0 Å². The monoisotopic (exact) mass is 504 g/mol. The molecule has 7 nitrogen and oxygen atoms in total. The van der Waals surface area contributed by atoms with E-state index in [9.17, 15) is 27.5 Å². The summed E-state index contributed by atoms with van der Waals surface area (Å²) in [5.74, 6) is -2.23. The Kier molecular flexibility index (Phi) is 8.38. The van der Waals surface area contributed by atoms with E-state index in [0.29, 0.717) is 5.02 Å². The Hall–Kier alpha value is -3.27. The SMILES string of the molecule is O=C(NCCC[C@H](NS(=O)(=O)c1ccc(-c2ccc(Cl)cc2)cc1)C(=O)O)c1ccc(F)cc1. The van der Waals surface area contributed by atoms with Crippen LogP contribution in [0.1, 0.15) is 23.2 Å². The van der Waals surface area contributed by atoms with Crippen molar-refractivity contribution in [3.8, 4) is 11.1 Å². The van der Waals surface area contributed by atoms with Crippen molar-refractivity contribution in [3.05, 3.63) is 89.2 Å². The molecule has 1 amide bonds. The van der Waals surface area contributed by atoms with Crippen LogP contribution in [0.15, 0.2) is 77.7 Å². The van der Waals surface area contributed by atoms with E-state index in [1.807, 2.05) is 0 Å². The molecule has 0 aliphatic rings. The molecule has 0 aromatic heterocycles. The smallest absolute Gasteiger partial charge is 0.321 e. The summed E-state index contributed by atoms with van der Waals surface area (Å²) in [7, 11) is -4.09. The zero-order valence-electron chi connectivity index (χ0n) is 17.9. The molecule has 3 rings (SSSR count). The largest absolute Gasteiger partial charge is 0.480 e. The first kappa shape index (κ1) is 25.4. The lowest BCUT2D eigenvalue weighted by atomic mass is 10.1. The van der Waals surface area contributed by atoms with Crippen molar-refractivity contribution < 1.29 is 27.5 Å². The van der Waals surface area contributed by atoms with Gasteiger partial charge in [-0.05, 0) is 72.5 Å². The van der Waals surface area contributed by atoms with Gasteiger partial charge in [-0.15, -0.1) is 0 Å². The van der Waals surface area contributed by atoms with Crippen LogP contribution in [0.25, 0.3) is 11.1 Å². The van der Waals surface area contributed by atoms with Crippen LogP contribution in [-0.4, -0.2) is 38.0 Å². The third kappa shape index (κ3) is 6.86. The lowest BCUT2D eigenvalue weighted by Gasteiger charge is -2.15. The average molecular weight is 505 g/mol. The molecule has 0 spiro atoms. The minimum Gasteiger partial charge on any atom is -0.480 e. The Labute approximate surface area is 201 Å². The summed E-state index contributed by atoms with van der Waals surface area (Å²) < 4.78 is 40.5. The summed E-state index contributed by atoms with van der Waals surface area (Å²) in [6, 6.07) is 16.7.